The summed E-state index contributed by atoms with van der Waals surface area (Å²) >= 11 is 1.43. The highest BCUT2D eigenvalue weighted by atomic mass is 32.1. The van der Waals surface area contributed by atoms with Crippen LogP contribution in [0, 0.1) is 0 Å². The summed E-state index contributed by atoms with van der Waals surface area (Å²) in [6, 6.07) is 12.2. The number of nitrogens with zero attached hydrogens (tertiary/aromatic N) is 2. The molecule has 2 aromatic heterocycles. The van der Waals surface area contributed by atoms with E-state index in [1.54, 1.807) is 30.5 Å². The van der Waals surface area contributed by atoms with E-state index in [1.165, 1.54) is 11.3 Å². The summed E-state index contributed by atoms with van der Waals surface area (Å²) in [5.41, 5.74) is 7.40. The van der Waals surface area contributed by atoms with Crippen molar-refractivity contribution in [2.24, 2.45) is 5.73 Å². The molecule has 0 atom stereocenters. The van der Waals surface area contributed by atoms with Crippen molar-refractivity contribution in [3.63, 3.8) is 0 Å². The number of para-hydroxylation sites is 1. The minimum absolute atomic E-state index is 0.108. The Kier molecular flexibility index (Phi) is 4.62. The predicted octanol–water partition coefficient (Wildman–Crippen LogP) is 2.49. The topological polar surface area (TPSA) is 98.0 Å². The number of thiazole rings is 1. The molecule has 0 aliphatic carbocycles. The van der Waals surface area contributed by atoms with Crippen LogP contribution in [0.25, 0.3) is 10.7 Å². The van der Waals surface area contributed by atoms with Crippen LogP contribution in [0.2, 0.25) is 0 Å². The average Bonchev–Trinajstić information content (AvgIpc) is 3.04. The van der Waals surface area contributed by atoms with Gasteiger partial charge in [-0.05, 0) is 24.3 Å². The van der Waals surface area contributed by atoms with Crippen molar-refractivity contribution < 1.29 is 9.59 Å². The highest BCUT2D eigenvalue weighted by molar-refractivity contribution is 7.13. The molecule has 7 heteroatoms. The van der Waals surface area contributed by atoms with E-state index in [0.717, 1.165) is 10.7 Å². The largest absolute Gasteiger partial charge is 0.366 e. The van der Waals surface area contributed by atoms with Gasteiger partial charge in [-0.3, -0.25) is 14.6 Å². The number of pyridine rings is 1. The molecular weight excluding hydrogens is 324 g/mol. The molecule has 1 aromatic carbocycles. The number of hydrogen-bond acceptors (Lipinski definition) is 5. The molecule has 3 aromatic rings. The zero-order valence-corrected chi connectivity index (χ0v) is 13.4. The molecule has 0 bridgehead atoms. The predicted molar refractivity (Wildman–Crippen MR) is 92.6 cm³/mol. The molecule has 0 aliphatic heterocycles. The van der Waals surface area contributed by atoms with Crippen LogP contribution in [-0.4, -0.2) is 21.8 Å². The number of aromatic nitrogens is 2. The van der Waals surface area contributed by atoms with Crippen LogP contribution in [0.1, 0.15) is 16.1 Å². The number of nitrogens with two attached hydrogens (primary N) is 1. The lowest BCUT2D eigenvalue weighted by atomic mass is 10.1. The second kappa shape index (κ2) is 7.01. The zero-order chi connectivity index (χ0) is 16.9. The van der Waals surface area contributed by atoms with Gasteiger partial charge < -0.3 is 11.1 Å². The van der Waals surface area contributed by atoms with Crippen LogP contribution in [0.4, 0.5) is 5.69 Å². The van der Waals surface area contributed by atoms with Gasteiger partial charge in [-0.1, -0.05) is 18.2 Å². The molecule has 0 radical (unpaired) electrons. The molecule has 0 saturated heterocycles. The van der Waals surface area contributed by atoms with Gasteiger partial charge in [-0.15, -0.1) is 11.3 Å². The Morgan fingerprint density at radius 1 is 1.12 bits per heavy atom. The number of hydrogen-bond donors (Lipinski definition) is 2. The molecule has 3 rings (SSSR count). The van der Waals surface area contributed by atoms with Gasteiger partial charge in [0, 0.05) is 11.6 Å². The summed E-state index contributed by atoms with van der Waals surface area (Å²) in [6.07, 6.45) is 1.81. The third-order valence-electron chi connectivity index (χ3n) is 3.24. The van der Waals surface area contributed by atoms with Crippen LogP contribution < -0.4 is 11.1 Å². The van der Waals surface area contributed by atoms with Crippen molar-refractivity contribution in [2.75, 3.05) is 5.32 Å². The molecule has 2 heterocycles. The van der Waals surface area contributed by atoms with Gasteiger partial charge in [0.1, 0.15) is 5.01 Å². The van der Waals surface area contributed by atoms with Crippen molar-refractivity contribution in [3.8, 4) is 10.7 Å². The van der Waals surface area contributed by atoms with Gasteiger partial charge in [0.25, 0.3) is 5.91 Å². The van der Waals surface area contributed by atoms with E-state index < -0.39 is 5.91 Å². The number of carbonyl (C=O) groups excluding carboxylic acids is 2. The van der Waals surface area contributed by atoms with E-state index in [0.29, 0.717) is 11.4 Å². The van der Waals surface area contributed by atoms with Crippen LogP contribution in [0.5, 0.6) is 0 Å². The first-order valence-electron chi connectivity index (χ1n) is 7.18. The molecular formula is C17H14N4O2S. The maximum absolute atomic E-state index is 12.2. The van der Waals surface area contributed by atoms with Gasteiger partial charge >= 0.3 is 0 Å². The maximum Gasteiger partial charge on any atom is 0.250 e. The Morgan fingerprint density at radius 2 is 1.92 bits per heavy atom. The van der Waals surface area contributed by atoms with Gasteiger partial charge in [-0.25, -0.2) is 4.98 Å². The number of anilines is 1. The second-order valence-corrected chi connectivity index (χ2v) is 5.85. The summed E-state index contributed by atoms with van der Waals surface area (Å²) in [6.45, 7) is 0. The molecule has 0 unspecified atom stereocenters. The maximum atomic E-state index is 12.2. The van der Waals surface area contributed by atoms with Gasteiger partial charge in [0.2, 0.25) is 5.91 Å². The first kappa shape index (κ1) is 15.8. The van der Waals surface area contributed by atoms with Gasteiger partial charge in [-0.2, -0.15) is 0 Å². The van der Waals surface area contributed by atoms with Gasteiger partial charge in [0.05, 0.1) is 29.1 Å². The Balaban J connectivity index is 1.70. The summed E-state index contributed by atoms with van der Waals surface area (Å²) in [5, 5.41) is 5.28. The number of carbonyl (C=O) groups is 2. The van der Waals surface area contributed by atoms with E-state index in [1.807, 2.05) is 23.6 Å². The summed E-state index contributed by atoms with van der Waals surface area (Å²) < 4.78 is 0. The van der Waals surface area contributed by atoms with Crippen molar-refractivity contribution in [1.29, 1.82) is 0 Å². The average molecular weight is 338 g/mol. The van der Waals surface area contributed by atoms with Crippen LogP contribution >= 0.6 is 11.3 Å². The van der Waals surface area contributed by atoms with Crippen molar-refractivity contribution in [1.82, 2.24) is 9.97 Å². The van der Waals surface area contributed by atoms with Crippen LogP contribution in [0.3, 0.4) is 0 Å². The summed E-state index contributed by atoms with van der Waals surface area (Å²) in [7, 11) is 0. The molecule has 120 valence electrons. The molecule has 6 nitrogen and oxygen atoms in total. The number of nitrogens with one attached hydrogen (secondary N) is 1. The second-order valence-electron chi connectivity index (χ2n) is 4.99. The highest BCUT2D eigenvalue weighted by Crippen LogP contribution is 2.22. The minimum Gasteiger partial charge on any atom is -0.366 e. The lowest BCUT2D eigenvalue weighted by Crippen LogP contribution is -2.19. The molecule has 0 aliphatic rings. The molecule has 3 N–H and O–H groups in total. The number of primary amides is 1. The Hall–Kier alpha value is -3.06. The van der Waals surface area contributed by atoms with Crippen LogP contribution in [-0.2, 0) is 11.2 Å². The normalized spacial score (nSPS) is 10.3. The lowest BCUT2D eigenvalue weighted by Gasteiger charge is -2.07. The van der Waals surface area contributed by atoms with E-state index in [4.69, 9.17) is 5.73 Å². The Morgan fingerprint density at radius 3 is 2.67 bits per heavy atom. The lowest BCUT2D eigenvalue weighted by molar-refractivity contribution is -0.115. The van der Waals surface area contributed by atoms with Crippen molar-refractivity contribution in [3.05, 3.63) is 65.3 Å². The first-order valence-corrected chi connectivity index (χ1v) is 8.06. The van der Waals surface area contributed by atoms with E-state index in [9.17, 15) is 9.59 Å². The van der Waals surface area contributed by atoms with Gasteiger partial charge in [0.15, 0.2) is 0 Å². The standard InChI is InChI=1S/C17H14N4O2S/c18-16(23)12-5-1-2-6-13(12)21-15(22)9-11-10-24-17(20-11)14-7-3-4-8-19-14/h1-8,10H,9H2,(H2,18,23)(H,21,22). The zero-order valence-electron chi connectivity index (χ0n) is 12.6. The number of amides is 2. The Labute approximate surface area is 142 Å². The molecule has 24 heavy (non-hydrogen) atoms. The fraction of sp³-hybridized carbons (Fsp3) is 0.0588. The smallest absolute Gasteiger partial charge is 0.250 e. The monoisotopic (exact) mass is 338 g/mol. The third kappa shape index (κ3) is 3.64. The van der Waals surface area contributed by atoms with Crippen molar-refractivity contribution >= 4 is 28.8 Å². The first-order chi connectivity index (χ1) is 11.6. The third-order valence-corrected chi connectivity index (χ3v) is 4.16. The quantitative estimate of drug-likeness (QED) is 0.746. The van der Waals surface area contributed by atoms with E-state index in [-0.39, 0.29) is 17.9 Å². The number of rotatable bonds is 5. The fourth-order valence-corrected chi connectivity index (χ4v) is 2.96. The Bertz CT molecular complexity index is 877. The van der Waals surface area contributed by atoms with E-state index >= 15 is 0 Å². The summed E-state index contributed by atoms with van der Waals surface area (Å²) in [5.74, 6) is -0.849. The molecule has 0 spiro atoms. The molecule has 0 fully saturated rings. The fourth-order valence-electron chi connectivity index (χ4n) is 2.16. The van der Waals surface area contributed by atoms with Crippen LogP contribution in [0.15, 0.2) is 54.0 Å². The molecule has 2 amide bonds. The number of benzene rings is 1. The molecule has 0 saturated carbocycles. The van der Waals surface area contributed by atoms with E-state index in [2.05, 4.69) is 15.3 Å². The minimum atomic E-state index is -0.586. The van der Waals surface area contributed by atoms with Crippen molar-refractivity contribution in [2.45, 2.75) is 6.42 Å². The summed E-state index contributed by atoms with van der Waals surface area (Å²) in [4.78, 5) is 32.2. The highest BCUT2D eigenvalue weighted by Gasteiger charge is 2.13. The SMILES string of the molecule is NC(=O)c1ccccc1NC(=O)Cc1csc(-c2ccccn2)n1.